The number of carbonyl (C=O) groups is 2. The van der Waals surface area contributed by atoms with Crippen LogP contribution in [0.5, 0.6) is 5.75 Å². The van der Waals surface area contributed by atoms with Crippen LogP contribution in [0, 0.1) is 0 Å². The van der Waals surface area contributed by atoms with Crippen LogP contribution in [-0.2, 0) is 4.74 Å². The third-order valence-corrected chi connectivity index (χ3v) is 3.66. The summed E-state index contributed by atoms with van der Waals surface area (Å²) < 4.78 is 11.3. The van der Waals surface area contributed by atoms with Crippen molar-refractivity contribution in [2.45, 2.75) is 32.8 Å². The first-order valence-electron chi connectivity index (χ1n) is 6.64. The van der Waals surface area contributed by atoms with E-state index in [-0.39, 0.29) is 12.2 Å². The minimum absolute atomic E-state index is 0.00756. The number of anilines is 1. The lowest BCUT2D eigenvalue weighted by Gasteiger charge is -2.31. The molecule has 0 atom stereocenters. The van der Waals surface area contributed by atoms with Crippen LogP contribution in [-0.4, -0.2) is 31.1 Å². The molecule has 21 heavy (non-hydrogen) atoms. The normalized spacial score (nSPS) is 14.7. The van der Waals surface area contributed by atoms with E-state index in [1.165, 1.54) is 12.0 Å². The van der Waals surface area contributed by atoms with Gasteiger partial charge in [-0.1, -0.05) is 0 Å². The van der Waals surface area contributed by atoms with Gasteiger partial charge in [0.05, 0.1) is 17.3 Å². The van der Waals surface area contributed by atoms with Crippen LogP contribution in [0.1, 0.15) is 37.6 Å². The van der Waals surface area contributed by atoms with Gasteiger partial charge < -0.3 is 9.47 Å². The van der Waals surface area contributed by atoms with Crippen molar-refractivity contribution in [3.05, 3.63) is 22.2 Å². The van der Waals surface area contributed by atoms with Crippen molar-refractivity contribution in [3.63, 3.8) is 0 Å². The lowest BCUT2D eigenvalue weighted by atomic mass is 10.0. The highest BCUT2D eigenvalue weighted by molar-refractivity contribution is 9.10. The van der Waals surface area contributed by atoms with Crippen molar-refractivity contribution in [2.75, 3.05) is 18.6 Å². The molecule has 0 saturated carbocycles. The van der Waals surface area contributed by atoms with E-state index in [1.807, 2.05) is 20.8 Å². The lowest BCUT2D eigenvalue weighted by Crippen LogP contribution is -2.41. The van der Waals surface area contributed by atoms with E-state index in [1.54, 1.807) is 12.1 Å². The summed E-state index contributed by atoms with van der Waals surface area (Å²) in [4.78, 5) is 25.8. The molecule has 0 saturated heterocycles. The van der Waals surface area contributed by atoms with Gasteiger partial charge in [-0.15, -0.1) is 0 Å². The van der Waals surface area contributed by atoms with Crippen molar-refractivity contribution in [1.29, 1.82) is 0 Å². The summed E-state index contributed by atoms with van der Waals surface area (Å²) in [5, 5.41) is 0. The van der Waals surface area contributed by atoms with Gasteiger partial charge in [0, 0.05) is 24.6 Å². The number of Topliss-reactive ketones (excluding diaryl/α,β-unsaturated/α-hetero) is 1. The molecule has 0 N–H and O–H groups in total. The Balaban J connectivity index is 2.43. The number of hydrogen-bond acceptors (Lipinski definition) is 4. The minimum Gasteiger partial charge on any atom is -0.495 e. The Morgan fingerprint density at radius 1 is 1.33 bits per heavy atom. The molecule has 0 unspecified atom stereocenters. The minimum atomic E-state index is -0.585. The zero-order valence-electron chi connectivity index (χ0n) is 12.5. The molecule has 0 aliphatic carbocycles. The number of fused-ring (bicyclic) bond motifs is 1. The van der Waals surface area contributed by atoms with Crippen LogP contribution in [0.3, 0.4) is 0 Å². The second-order valence-electron chi connectivity index (χ2n) is 5.81. The number of nitrogens with zero attached hydrogens (tertiary/aromatic N) is 1. The maximum atomic E-state index is 12.3. The fourth-order valence-electron chi connectivity index (χ4n) is 2.12. The van der Waals surface area contributed by atoms with Crippen molar-refractivity contribution < 1.29 is 19.1 Å². The van der Waals surface area contributed by atoms with Gasteiger partial charge in [0.2, 0.25) is 0 Å². The molecule has 114 valence electrons. The Morgan fingerprint density at radius 3 is 2.57 bits per heavy atom. The average Bonchev–Trinajstić information content (AvgIpc) is 2.37. The summed E-state index contributed by atoms with van der Waals surface area (Å²) in [5.74, 6) is 0.574. The largest absolute Gasteiger partial charge is 0.495 e. The Morgan fingerprint density at radius 2 is 2.00 bits per heavy atom. The number of amides is 1. The Hall–Kier alpha value is -1.56. The molecule has 1 aliphatic heterocycles. The summed E-state index contributed by atoms with van der Waals surface area (Å²) in [7, 11) is 1.54. The van der Waals surface area contributed by atoms with Gasteiger partial charge in [0.15, 0.2) is 5.78 Å². The van der Waals surface area contributed by atoms with Crippen molar-refractivity contribution >= 4 is 33.5 Å². The molecular weight excluding hydrogens is 338 g/mol. The monoisotopic (exact) mass is 355 g/mol. The predicted molar refractivity (Wildman–Crippen MR) is 83.2 cm³/mol. The molecule has 0 radical (unpaired) electrons. The van der Waals surface area contributed by atoms with Gasteiger partial charge in [-0.2, -0.15) is 0 Å². The van der Waals surface area contributed by atoms with Gasteiger partial charge >= 0.3 is 6.09 Å². The molecule has 0 fully saturated rings. The van der Waals surface area contributed by atoms with Crippen LogP contribution in [0.25, 0.3) is 0 Å². The van der Waals surface area contributed by atoms with Crippen molar-refractivity contribution in [2.24, 2.45) is 0 Å². The van der Waals surface area contributed by atoms with E-state index in [0.29, 0.717) is 28.0 Å². The second-order valence-corrected chi connectivity index (χ2v) is 6.66. The number of methoxy groups -OCH3 is 1. The highest BCUT2D eigenvalue weighted by Crippen LogP contribution is 2.37. The Bertz CT molecular complexity index is 592. The van der Waals surface area contributed by atoms with Gasteiger partial charge in [0.25, 0.3) is 0 Å². The van der Waals surface area contributed by atoms with E-state index in [2.05, 4.69) is 15.9 Å². The summed E-state index contributed by atoms with van der Waals surface area (Å²) >= 11 is 3.36. The van der Waals surface area contributed by atoms with Crippen LogP contribution >= 0.6 is 15.9 Å². The number of ketones is 1. The summed E-state index contributed by atoms with van der Waals surface area (Å²) in [5.41, 5.74) is 0.443. The first-order valence-corrected chi connectivity index (χ1v) is 7.43. The average molecular weight is 356 g/mol. The first kappa shape index (κ1) is 15.8. The van der Waals surface area contributed by atoms with Gasteiger partial charge in [-0.25, -0.2) is 4.79 Å². The van der Waals surface area contributed by atoms with E-state index < -0.39 is 11.7 Å². The van der Waals surface area contributed by atoms with Crippen LogP contribution in [0.15, 0.2) is 16.6 Å². The van der Waals surface area contributed by atoms with E-state index >= 15 is 0 Å². The van der Waals surface area contributed by atoms with Gasteiger partial charge in [-0.05, 0) is 42.8 Å². The zero-order chi connectivity index (χ0) is 15.8. The molecule has 1 aromatic rings. The fourth-order valence-corrected chi connectivity index (χ4v) is 2.63. The number of rotatable bonds is 1. The second kappa shape index (κ2) is 5.67. The molecule has 0 aromatic heterocycles. The SMILES string of the molecule is COc1cc2c(cc1Br)C(=O)CCN2C(=O)OC(C)(C)C. The Labute approximate surface area is 132 Å². The highest BCUT2D eigenvalue weighted by Gasteiger charge is 2.31. The summed E-state index contributed by atoms with van der Waals surface area (Å²) in [6.07, 6.45) is -0.175. The smallest absolute Gasteiger partial charge is 0.414 e. The topological polar surface area (TPSA) is 55.8 Å². The van der Waals surface area contributed by atoms with Crippen molar-refractivity contribution in [1.82, 2.24) is 0 Å². The molecular formula is C15H18BrNO4. The fraction of sp³-hybridized carbons (Fsp3) is 0.467. The molecule has 1 amide bonds. The first-order chi connectivity index (χ1) is 9.73. The standard InChI is InChI=1S/C15H18BrNO4/c1-15(2,3)21-14(19)17-6-5-12(18)9-7-10(16)13(20-4)8-11(9)17/h7-8H,5-6H2,1-4H3. The number of carbonyl (C=O) groups excluding carboxylic acids is 2. The molecule has 0 bridgehead atoms. The van der Waals surface area contributed by atoms with Crippen LogP contribution in [0.2, 0.25) is 0 Å². The molecule has 0 spiro atoms. The van der Waals surface area contributed by atoms with E-state index in [9.17, 15) is 9.59 Å². The molecule has 6 heteroatoms. The Kier molecular flexibility index (Phi) is 4.27. The predicted octanol–water partition coefficient (Wildman–Crippen LogP) is 3.79. The zero-order valence-corrected chi connectivity index (χ0v) is 14.1. The number of hydrogen-bond donors (Lipinski definition) is 0. The molecule has 2 rings (SSSR count). The number of benzene rings is 1. The molecule has 5 nitrogen and oxygen atoms in total. The quantitative estimate of drug-likeness (QED) is 0.768. The van der Waals surface area contributed by atoms with Crippen LogP contribution in [0.4, 0.5) is 10.5 Å². The van der Waals surface area contributed by atoms with E-state index in [0.717, 1.165) is 0 Å². The number of ether oxygens (including phenoxy) is 2. The van der Waals surface area contributed by atoms with Gasteiger partial charge in [0.1, 0.15) is 11.4 Å². The van der Waals surface area contributed by atoms with E-state index in [4.69, 9.17) is 9.47 Å². The summed E-state index contributed by atoms with van der Waals surface area (Å²) in [6, 6.07) is 3.37. The lowest BCUT2D eigenvalue weighted by molar-refractivity contribution is 0.0577. The molecule has 1 heterocycles. The van der Waals surface area contributed by atoms with Gasteiger partial charge in [-0.3, -0.25) is 9.69 Å². The van der Waals surface area contributed by atoms with Crippen LogP contribution < -0.4 is 9.64 Å². The van der Waals surface area contributed by atoms with Crippen molar-refractivity contribution in [3.8, 4) is 5.75 Å². The third-order valence-electron chi connectivity index (χ3n) is 3.04. The molecule has 1 aromatic carbocycles. The maximum absolute atomic E-state index is 12.3. The summed E-state index contributed by atoms with van der Waals surface area (Å²) in [6.45, 7) is 5.74. The maximum Gasteiger partial charge on any atom is 0.414 e. The highest BCUT2D eigenvalue weighted by atomic mass is 79.9. The third kappa shape index (κ3) is 3.37. The molecule has 1 aliphatic rings. The number of halogens is 1.